The fourth-order valence-corrected chi connectivity index (χ4v) is 4.40. The standard InChI is InChI=1S/C29H32BrN3O2/c1-2-22-11-17-25(18-12-22)35-21-20-33-27-9-6-5-8-26(27)32-28(33)10-4-3-7-19-31-29(34)23-13-15-24(30)16-14-23/h5-6,8-9,11-18H,2-4,7,10,19-21H2,1H3,(H,31,34). The number of nitrogens with one attached hydrogen (secondary N) is 1. The van der Waals surface area contributed by atoms with Gasteiger partial charge in [-0.3, -0.25) is 4.79 Å². The Morgan fingerprint density at radius 1 is 0.971 bits per heavy atom. The molecule has 0 aliphatic heterocycles. The van der Waals surface area contributed by atoms with Crippen molar-refractivity contribution in [2.75, 3.05) is 13.2 Å². The molecule has 0 fully saturated rings. The maximum Gasteiger partial charge on any atom is 0.251 e. The number of imidazole rings is 1. The van der Waals surface area contributed by atoms with Crippen LogP contribution in [0.2, 0.25) is 0 Å². The molecule has 0 unspecified atom stereocenters. The summed E-state index contributed by atoms with van der Waals surface area (Å²) in [5.74, 6) is 1.97. The summed E-state index contributed by atoms with van der Waals surface area (Å²) in [6.07, 6.45) is 4.93. The van der Waals surface area contributed by atoms with Gasteiger partial charge in [-0.25, -0.2) is 4.98 Å². The molecule has 6 heteroatoms. The van der Waals surface area contributed by atoms with Gasteiger partial charge in [0.2, 0.25) is 0 Å². The first kappa shape index (κ1) is 25.0. The zero-order valence-corrected chi connectivity index (χ0v) is 21.8. The molecule has 1 N–H and O–H groups in total. The molecule has 0 radical (unpaired) electrons. The zero-order valence-electron chi connectivity index (χ0n) is 20.2. The van der Waals surface area contributed by atoms with Crippen molar-refractivity contribution in [1.82, 2.24) is 14.9 Å². The first-order valence-electron chi connectivity index (χ1n) is 12.3. The third-order valence-electron chi connectivity index (χ3n) is 6.12. The Hall–Kier alpha value is -3.12. The van der Waals surface area contributed by atoms with Gasteiger partial charge in [-0.15, -0.1) is 0 Å². The fourth-order valence-electron chi connectivity index (χ4n) is 4.13. The van der Waals surface area contributed by atoms with Crippen molar-refractivity contribution >= 4 is 32.9 Å². The van der Waals surface area contributed by atoms with E-state index in [0.717, 1.165) is 65.7 Å². The summed E-state index contributed by atoms with van der Waals surface area (Å²) < 4.78 is 9.27. The highest BCUT2D eigenvalue weighted by Crippen LogP contribution is 2.19. The van der Waals surface area contributed by atoms with E-state index in [1.54, 1.807) is 0 Å². The molecular formula is C29H32BrN3O2. The molecule has 35 heavy (non-hydrogen) atoms. The zero-order chi connectivity index (χ0) is 24.5. The second-order valence-corrected chi connectivity index (χ2v) is 9.50. The van der Waals surface area contributed by atoms with E-state index in [9.17, 15) is 4.79 Å². The van der Waals surface area contributed by atoms with Crippen molar-refractivity contribution in [3.05, 3.63) is 94.2 Å². The normalized spacial score (nSPS) is 11.0. The van der Waals surface area contributed by atoms with E-state index in [1.165, 1.54) is 5.56 Å². The largest absolute Gasteiger partial charge is 0.492 e. The third-order valence-corrected chi connectivity index (χ3v) is 6.65. The summed E-state index contributed by atoms with van der Waals surface area (Å²) >= 11 is 3.39. The summed E-state index contributed by atoms with van der Waals surface area (Å²) in [5, 5.41) is 3.01. The molecule has 182 valence electrons. The average Bonchev–Trinajstić information content (AvgIpc) is 3.24. The first-order valence-corrected chi connectivity index (χ1v) is 13.1. The number of hydrogen-bond donors (Lipinski definition) is 1. The van der Waals surface area contributed by atoms with Crippen LogP contribution in [0.1, 0.15) is 47.9 Å². The van der Waals surface area contributed by atoms with Gasteiger partial charge in [0, 0.05) is 23.0 Å². The molecular weight excluding hydrogens is 502 g/mol. The SMILES string of the molecule is CCc1ccc(OCCn2c(CCCCCNC(=O)c3ccc(Br)cc3)nc3ccccc32)cc1. The minimum atomic E-state index is -0.0244. The lowest BCUT2D eigenvalue weighted by Gasteiger charge is -2.11. The Balaban J connectivity index is 1.26. The van der Waals surface area contributed by atoms with E-state index in [2.05, 4.69) is 63.1 Å². The van der Waals surface area contributed by atoms with E-state index in [4.69, 9.17) is 9.72 Å². The van der Waals surface area contributed by atoms with Crippen LogP contribution >= 0.6 is 15.9 Å². The summed E-state index contributed by atoms with van der Waals surface area (Å²) in [5.41, 5.74) is 4.17. The first-order chi connectivity index (χ1) is 17.1. The number of para-hydroxylation sites is 2. The van der Waals surface area contributed by atoms with Crippen LogP contribution < -0.4 is 10.1 Å². The number of nitrogens with zero attached hydrogens (tertiary/aromatic N) is 2. The van der Waals surface area contributed by atoms with Gasteiger partial charge >= 0.3 is 0 Å². The lowest BCUT2D eigenvalue weighted by atomic mass is 10.1. The number of carbonyl (C=O) groups excluding carboxylic acids is 1. The van der Waals surface area contributed by atoms with Crippen LogP contribution in [0, 0.1) is 0 Å². The van der Waals surface area contributed by atoms with Gasteiger partial charge in [0.1, 0.15) is 18.2 Å². The van der Waals surface area contributed by atoms with Crippen LogP contribution in [0.3, 0.4) is 0 Å². The van der Waals surface area contributed by atoms with Gasteiger partial charge in [0.15, 0.2) is 0 Å². The maximum atomic E-state index is 12.2. The molecule has 0 bridgehead atoms. The topological polar surface area (TPSA) is 56.1 Å². The van der Waals surface area contributed by atoms with Crippen molar-refractivity contribution in [2.45, 2.75) is 45.6 Å². The van der Waals surface area contributed by atoms with Gasteiger partial charge in [0.25, 0.3) is 5.91 Å². The van der Waals surface area contributed by atoms with E-state index < -0.39 is 0 Å². The molecule has 1 aromatic heterocycles. The molecule has 0 saturated heterocycles. The molecule has 5 nitrogen and oxygen atoms in total. The van der Waals surface area contributed by atoms with Crippen LogP contribution in [-0.4, -0.2) is 28.6 Å². The van der Waals surface area contributed by atoms with Crippen LogP contribution in [0.15, 0.2) is 77.3 Å². The van der Waals surface area contributed by atoms with E-state index in [-0.39, 0.29) is 5.91 Å². The lowest BCUT2D eigenvalue weighted by molar-refractivity contribution is 0.0953. The number of rotatable bonds is 12. The number of benzene rings is 3. The number of aryl methyl sites for hydroxylation is 2. The molecule has 0 saturated carbocycles. The predicted octanol–water partition coefficient (Wildman–Crippen LogP) is 6.58. The molecule has 0 spiro atoms. The van der Waals surface area contributed by atoms with Crippen LogP contribution in [0.4, 0.5) is 0 Å². The van der Waals surface area contributed by atoms with Crippen molar-refractivity contribution < 1.29 is 9.53 Å². The van der Waals surface area contributed by atoms with Gasteiger partial charge in [-0.1, -0.05) is 53.5 Å². The molecule has 1 heterocycles. The number of fused-ring (bicyclic) bond motifs is 1. The lowest BCUT2D eigenvalue weighted by Crippen LogP contribution is -2.24. The number of aromatic nitrogens is 2. The summed E-state index contributed by atoms with van der Waals surface area (Å²) in [4.78, 5) is 17.1. The van der Waals surface area contributed by atoms with Crippen LogP contribution in [-0.2, 0) is 19.4 Å². The van der Waals surface area contributed by atoms with Crippen LogP contribution in [0.5, 0.6) is 5.75 Å². The third kappa shape index (κ3) is 6.95. The number of ether oxygens (including phenoxy) is 1. The van der Waals surface area contributed by atoms with E-state index in [0.29, 0.717) is 18.7 Å². The van der Waals surface area contributed by atoms with Crippen molar-refractivity contribution in [1.29, 1.82) is 0 Å². The van der Waals surface area contributed by atoms with Crippen molar-refractivity contribution in [2.24, 2.45) is 0 Å². The molecule has 0 atom stereocenters. The Labute approximate surface area is 215 Å². The van der Waals surface area contributed by atoms with Gasteiger partial charge < -0.3 is 14.6 Å². The summed E-state index contributed by atoms with van der Waals surface area (Å²) in [6, 6.07) is 24.0. The minimum absolute atomic E-state index is 0.0244. The number of carbonyl (C=O) groups is 1. The second-order valence-electron chi connectivity index (χ2n) is 8.59. The molecule has 1 amide bonds. The highest BCUT2D eigenvalue weighted by atomic mass is 79.9. The summed E-state index contributed by atoms with van der Waals surface area (Å²) in [6.45, 7) is 4.19. The number of hydrogen-bond acceptors (Lipinski definition) is 3. The van der Waals surface area contributed by atoms with Gasteiger partial charge in [-0.05, 0) is 73.4 Å². The van der Waals surface area contributed by atoms with E-state index >= 15 is 0 Å². The minimum Gasteiger partial charge on any atom is -0.492 e. The summed E-state index contributed by atoms with van der Waals surface area (Å²) in [7, 11) is 0. The average molecular weight is 534 g/mol. The van der Waals surface area contributed by atoms with Crippen LogP contribution in [0.25, 0.3) is 11.0 Å². The molecule has 0 aliphatic rings. The van der Waals surface area contributed by atoms with Gasteiger partial charge in [-0.2, -0.15) is 0 Å². The molecule has 4 aromatic rings. The smallest absolute Gasteiger partial charge is 0.251 e. The monoisotopic (exact) mass is 533 g/mol. The van der Waals surface area contributed by atoms with Gasteiger partial charge in [0.05, 0.1) is 17.6 Å². The Kier molecular flexibility index (Phi) is 8.96. The Morgan fingerprint density at radius 3 is 2.51 bits per heavy atom. The number of unbranched alkanes of at least 4 members (excludes halogenated alkanes) is 2. The number of amides is 1. The maximum absolute atomic E-state index is 12.2. The number of halogens is 1. The van der Waals surface area contributed by atoms with E-state index in [1.807, 2.05) is 42.5 Å². The molecule has 0 aliphatic carbocycles. The molecule has 3 aromatic carbocycles. The Morgan fingerprint density at radius 2 is 1.74 bits per heavy atom. The predicted molar refractivity (Wildman–Crippen MR) is 145 cm³/mol. The highest BCUT2D eigenvalue weighted by molar-refractivity contribution is 9.10. The molecule has 4 rings (SSSR count). The fraction of sp³-hybridized carbons (Fsp3) is 0.310. The van der Waals surface area contributed by atoms with Crippen molar-refractivity contribution in [3.63, 3.8) is 0 Å². The second kappa shape index (κ2) is 12.5. The van der Waals surface area contributed by atoms with Crippen molar-refractivity contribution in [3.8, 4) is 5.75 Å². The quantitative estimate of drug-likeness (QED) is 0.209. The Bertz CT molecular complexity index is 1230. The highest BCUT2D eigenvalue weighted by Gasteiger charge is 2.11.